The third-order valence-electron chi connectivity index (χ3n) is 2.61. The van der Waals surface area contributed by atoms with Crippen molar-refractivity contribution in [3.8, 4) is 16.9 Å². The largest absolute Gasteiger partial charge is 0.573 e. The Kier molecular flexibility index (Phi) is 4.60. The summed E-state index contributed by atoms with van der Waals surface area (Å²) >= 11 is 5.72. The number of benzene rings is 2. The van der Waals surface area contributed by atoms with E-state index < -0.39 is 26.1 Å². The molecule has 0 fully saturated rings. The van der Waals surface area contributed by atoms with Gasteiger partial charge < -0.3 is 4.74 Å². The van der Waals surface area contributed by atoms with Gasteiger partial charge in [0.2, 0.25) is 0 Å². The number of alkyl halides is 3. The Morgan fingerprint density at radius 2 is 1.64 bits per heavy atom. The molecule has 0 aliphatic heterocycles. The van der Waals surface area contributed by atoms with Crippen LogP contribution in [0.4, 0.5) is 13.2 Å². The number of hydrogen-bond donors (Lipinski definition) is 0. The quantitative estimate of drug-likeness (QED) is 0.726. The van der Waals surface area contributed by atoms with Gasteiger partial charge in [0.05, 0.1) is 4.90 Å². The fourth-order valence-electron chi connectivity index (χ4n) is 1.82. The zero-order chi connectivity index (χ0) is 16.5. The molecule has 2 aromatic rings. The van der Waals surface area contributed by atoms with Crippen molar-refractivity contribution in [2.24, 2.45) is 0 Å². The Bertz CT molecular complexity index is 804. The second-order valence-electron chi connectivity index (χ2n) is 4.12. The maximum Gasteiger partial charge on any atom is 0.573 e. The van der Waals surface area contributed by atoms with E-state index in [1.165, 1.54) is 30.3 Å². The highest BCUT2D eigenvalue weighted by atomic mass is 35.7. The lowest BCUT2D eigenvalue weighted by Gasteiger charge is -2.15. The van der Waals surface area contributed by atoms with Crippen molar-refractivity contribution in [1.82, 2.24) is 0 Å². The van der Waals surface area contributed by atoms with E-state index in [9.17, 15) is 21.6 Å². The molecule has 0 atom stereocenters. The minimum absolute atomic E-state index is 0.0424. The molecular formula is C13H7Cl2F3O3S. The van der Waals surface area contributed by atoms with Crippen molar-refractivity contribution in [1.29, 1.82) is 0 Å². The molecule has 0 bridgehead atoms. The lowest BCUT2D eigenvalue weighted by atomic mass is 10.0. The van der Waals surface area contributed by atoms with Gasteiger partial charge in [0.25, 0.3) is 9.05 Å². The fraction of sp³-hybridized carbons (Fsp3) is 0.0769. The maximum absolute atomic E-state index is 12.4. The van der Waals surface area contributed by atoms with Crippen molar-refractivity contribution < 1.29 is 26.3 Å². The molecule has 0 N–H and O–H groups in total. The van der Waals surface area contributed by atoms with Crippen LogP contribution in [0.2, 0.25) is 5.02 Å². The van der Waals surface area contributed by atoms with Gasteiger partial charge in [-0.05, 0) is 18.2 Å². The summed E-state index contributed by atoms with van der Waals surface area (Å²) in [7, 11) is 1.11. The van der Waals surface area contributed by atoms with Gasteiger partial charge in [0, 0.05) is 26.8 Å². The minimum atomic E-state index is -4.91. The van der Waals surface area contributed by atoms with Crippen LogP contribution in [0.1, 0.15) is 0 Å². The smallest absolute Gasteiger partial charge is 0.405 e. The summed E-state index contributed by atoms with van der Waals surface area (Å²) in [6, 6.07) is 8.79. The molecular weight excluding hydrogens is 364 g/mol. The molecule has 0 aliphatic rings. The van der Waals surface area contributed by atoms with E-state index in [1.807, 2.05) is 0 Å². The second-order valence-corrected chi connectivity index (χ2v) is 7.09. The van der Waals surface area contributed by atoms with Crippen LogP contribution in [0.3, 0.4) is 0 Å². The van der Waals surface area contributed by atoms with Gasteiger partial charge in [-0.15, -0.1) is 13.2 Å². The normalized spacial score (nSPS) is 12.2. The van der Waals surface area contributed by atoms with Crippen LogP contribution in [-0.2, 0) is 9.05 Å². The SMILES string of the molecule is O=S(=O)(Cl)c1cc(Cl)ccc1-c1ccccc1OC(F)(F)F. The zero-order valence-electron chi connectivity index (χ0n) is 10.6. The standard InChI is InChI=1S/C13H7Cl2F3O3S/c14-8-5-6-10(12(7-8)22(15,19)20)9-3-1-2-4-11(9)21-13(16,17)18/h1-7H. The van der Waals surface area contributed by atoms with Crippen molar-refractivity contribution in [3.63, 3.8) is 0 Å². The van der Waals surface area contributed by atoms with E-state index in [4.69, 9.17) is 22.3 Å². The molecule has 0 radical (unpaired) electrons. The van der Waals surface area contributed by atoms with Gasteiger partial charge in [0.15, 0.2) is 0 Å². The lowest BCUT2D eigenvalue weighted by molar-refractivity contribution is -0.274. The predicted octanol–water partition coefficient (Wildman–Crippen LogP) is 4.83. The molecule has 0 saturated heterocycles. The first-order valence-corrected chi connectivity index (χ1v) is 8.36. The summed E-state index contributed by atoms with van der Waals surface area (Å²) in [6.45, 7) is 0. The van der Waals surface area contributed by atoms with Crippen LogP contribution in [0.5, 0.6) is 5.75 Å². The predicted molar refractivity (Wildman–Crippen MR) is 76.6 cm³/mol. The number of hydrogen-bond acceptors (Lipinski definition) is 3. The van der Waals surface area contributed by atoms with E-state index in [0.29, 0.717) is 0 Å². The summed E-state index contributed by atoms with van der Waals surface area (Å²) in [5.41, 5.74) is -0.116. The Labute approximate surface area is 133 Å². The van der Waals surface area contributed by atoms with Gasteiger partial charge in [-0.1, -0.05) is 35.9 Å². The van der Waals surface area contributed by atoms with Gasteiger partial charge in [-0.25, -0.2) is 8.42 Å². The minimum Gasteiger partial charge on any atom is -0.405 e. The summed E-state index contributed by atoms with van der Waals surface area (Å²) in [5.74, 6) is -0.543. The molecule has 9 heteroatoms. The van der Waals surface area contributed by atoms with Crippen molar-refractivity contribution in [3.05, 3.63) is 47.5 Å². The van der Waals surface area contributed by atoms with Gasteiger partial charge >= 0.3 is 6.36 Å². The summed E-state index contributed by atoms with van der Waals surface area (Å²) < 4.78 is 64.5. The second kappa shape index (κ2) is 5.98. The van der Waals surface area contributed by atoms with Crippen LogP contribution in [0.25, 0.3) is 11.1 Å². The van der Waals surface area contributed by atoms with E-state index in [2.05, 4.69) is 4.74 Å². The lowest BCUT2D eigenvalue weighted by Crippen LogP contribution is -2.17. The molecule has 0 aliphatic carbocycles. The van der Waals surface area contributed by atoms with Crippen LogP contribution in [0, 0.1) is 0 Å². The topological polar surface area (TPSA) is 43.4 Å². The average Bonchev–Trinajstić information content (AvgIpc) is 2.37. The molecule has 2 aromatic carbocycles. The first-order chi connectivity index (χ1) is 10.1. The third kappa shape index (κ3) is 4.06. The summed E-state index contributed by atoms with van der Waals surface area (Å²) in [6.07, 6.45) is -4.91. The molecule has 0 saturated carbocycles. The Hall–Kier alpha value is -1.44. The van der Waals surface area contributed by atoms with Gasteiger partial charge in [-0.2, -0.15) is 0 Å². The van der Waals surface area contributed by atoms with Crippen LogP contribution < -0.4 is 4.74 Å². The summed E-state index contributed by atoms with van der Waals surface area (Å²) in [5, 5.41) is 0.0807. The Morgan fingerprint density at radius 1 is 1.00 bits per heavy atom. The average molecular weight is 371 g/mol. The molecule has 0 unspecified atom stereocenters. The number of rotatable bonds is 3. The summed E-state index contributed by atoms with van der Waals surface area (Å²) in [4.78, 5) is -0.403. The maximum atomic E-state index is 12.4. The molecule has 0 spiro atoms. The Balaban J connectivity index is 2.68. The van der Waals surface area contributed by atoms with E-state index in [-0.39, 0.29) is 16.1 Å². The van der Waals surface area contributed by atoms with E-state index in [1.54, 1.807) is 0 Å². The molecule has 22 heavy (non-hydrogen) atoms. The first kappa shape index (κ1) is 16.9. The molecule has 0 aromatic heterocycles. The highest BCUT2D eigenvalue weighted by Gasteiger charge is 2.32. The first-order valence-electron chi connectivity index (χ1n) is 5.67. The highest BCUT2D eigenvalue weighted by molar-refractivity contribution is 8.13. The molecule has 118 valence electrons. The number of para-hydroxylation sites is 1. The molecule has 3 nitrogen and oxygen atoms in total. The molecule has 2 rings (SSSR count). The van der Waals surface area contributed by atoms with Gasteiger partial charge in [0.1, 0.15) is 5.75 Å². The highest BCUT2D eigenvalue weighted by Crippen LogP contribution is 2.38. The van der Waals surface area contributed by atoms with Crippen LogP contribution >= 0.6 is 22.3 Å². The van der Waals surface area contributed by atoms with Gasteiger partial charge in [-0.3, -0.25) is 0 Å². The van der Waals surface area contributed by atoms with Crippen molar-refractivity contribution >= 4 is 31.3 Å². The number of ether oxygens (including phenoxy) is 1. The Morgan fingerprint density at radius 3 is 2.23 bits per heavy atom. The van der Waals surface area contributed by atoms with Crippen LogP contribution in [-0.4, -0.2) is 14.8 Å². The van der Waals surface area contributed by atoms with Crippen LogP contribution in [0.15, 0.2) is 47.4 Å². The van der Waals surface area contributed by atoms with Crippen molar-refractivity contribution in [2.45, 2.75) is 11.3 Å². The van der Waals surface area contributed by atoms with E-state index >= 15 is 0 Å². The van der Waals surface area contributed by atoms with E-state index in [0.717, 1.165) is 12.1 Å². The zero-order valence-corrected chi connectivity index (χ0v) is 12.9. The third-order valence-corrected chi connectivity index (χ3v) is 4.21. The monoisotopic (exact) mass is 370 g/mol. The fourth-order valence-corrected chi connectivity index (χ4v) is 3.15. The number of halogens is 5. The molecule has 0 heterocycles. The van der Waals surface area contributed by atoms with Crippen molar-refractivity contribution in [2.75, 3.05) is 0 Å². The molecule has 0 amide bonds.